The predicted octanol–water partition coefficient (Wildman–Crippen LogP) is 2.24. The largest absolute Gasteiger partial charge is 0.338 e. The summed E-state index contributed by atoms with van der Waals surface area (Å²) in [5.41, 5.74) is 1.16. The van der Waals surface area contributed by atoms with E-state index >= 15 is 0 Å². The smallest absolute Gasteiger partial charge is 0.225 e. The van der Waals surface area contributed by atoms with E-state index in [-0.39, 0.29) is 24.8 Å². The maximum atomic E-state index is 4.65. The zero-order valence-electron chi connectivity index (χ0n) is 10.9. The monoisotopic (exact) mass is 292 g/mol. The van der Waals surface area contributed by atoms with Crippen LogP contribution in [0.2, 0.25) is 0 Å². The minimum Gasteiger partial charge on any atom is -0.338 e. The van der Waals surface area contributed by atoms with Gasteiger partial charge in [0.1, 0.15) is 0 Å². The van der Waals surface area contributed by atoms with E-state index in [4.69, 9.17) is 0 Å². The van der Waals surface area contributed by atoms with Gasteiger partial charge in [0.15, 0.2) is 0 Å². The van der Waals surface area contributed by atoms with Gasteiger partial charge in [0.25, 0.3) is 0 Å². The highest BCUT2D eigenvalue weighted by molar-refractivity contribution is 5.85. The molecule has 4 nitrogen and oxygen atoms in total. The van der Waals surface area contributed by atoms with Gasteiger partial charge in [0.2, 0.25) is 5.95 Å². The number of rotatable bonds is 3. The van der Waals surface area contributed by atoms with Crippen LogP contribution < -0.4 is 10.2 Å². The zero-order chi connectivity index (χ0) is 11.4. The van der Waals surface area contributed by atoms with Crippen molar-refractivity contribution >= 4 is 30.8 Å². The lowest BCUT2D eigenvalue weighted by atomic mass is 10.1. The SMILES string of the molecule is CCC(C)c1ccnc(N2CCNCC2)n1.Cl.Cl. The number of anilines is 1. The molecule has 1 aromatic heterocycles. The van der Waals surface area contributed by atoms with Gasteiger partial charge in [0.05, 0.1) is 0 Å². The molecule has 1 aliphatic heterocycles. The van der Waals surface area contributed by atoms with Crippen LogP contribution in [0.15, 0.2) is 12.3 Å². The molecule has 18 heavy (non-hydrogen) atoms. The Morgan fingerprint density at radius 2 is 2.00 bits per heavy atom. The molecule has 104 valence electrons. The molecular weight excluding hydrogens is 271 g/mol. The number of nitrogens with one attached hydrogen (secondary N) is 1. The van der Waals surface area contributed by atoms with Crippen molar-refractivity contribution in [3.63, 3.8) is 0 Å². The quantitative estimate of drug-likeness (QED) is 0.928. The van der Waals surface area contributed by atoms with Gasteiger partial charge in [-0.15, -0.1) is 24.8 Å². The van der Waals surface area contributed by atoms with Crippen molar-refractivity contribution in [2.24, 2.45) is 0 Å². The first-order valence-corrected chi connectivity index (χ1v) is 6.10. The molecular formula is C12H22Cl2N4. The average Bonchev–Trinajstić information content (AvgIpc) is 2.39. The van der Waals surface area contributed by atoms with Crippen LogP contribution in [-0.4, -0.2) is 36.1 Å². The Labute approximate surface area is 121 Å². The van der Waals surface area contributed by atoms with Crippen molar-refractivity contribution < 1.29 is 0 Å². The van der Waals surface area contributed by atoms with Crippen LogP contribution in [0, 0.1) is 0 Å². The van der Waals surface area contributed by atoms with Crippen LogP contribution in [-0.2, 0) is 0 Å². The van der Waals surface area contributed by atoms with E-state index < -0.39 is 0 Å². The first kappa shape index (κ1) is 17.4. The van der Waals surface area contributed by atoms with Gasteiger partial charge < -0.3 is 10.2 Å². The second kappa shape index (κ2) is 8.51. The van der Waals surface area contributed by atoms with Crippen molar-refractivity contribution in [2.45, 2.75) is 26.2 Å². The fraction of sp³-hybridized carbons (Fsp3) is 0.667. The van der Waals surface area contributed by atoms with E-state index in [0.717, 1.165) is 44.2 Å². The fourth-order valence-corrected chi connectivity index (χ4v) is 1.86. The standard InChI is InChI=1S/C12H20N4.2ClH/c1-3-10(2)11-4-5-14-12(15-11)16-8-6-13-7-9-16;;/h4-5,10,13H,3,6-9H2,1-2H3;2*1H. The van der Waals surface area contributed by atoms with E-state index in [9.17, 15) is 0 Å². The Bertz CT molecular complexity index is 343. The first-order valence-electron chi connectivity index (χ1n) is 6.10. The summed E-state index contributed by atoms with van der Waals surface area (Å²) < 4.78 is 0. The molecule has 1 N–H and O–H groups in total. The van der Waals surface area contributed by atoms with Crippen LogP contribution in [0.5, 0.6) is 0 Å². The third-order valence-electron chi connectivity index (χ3n) is 3.18. The molecule has 1 unspecified atom stereocenters. The lowest BCUT2D eigenvalue weighted by Gasteiger charge is -2.27. The lowest BCUT2D eigenvalue weighted by molar-refractivity contribution is 0.577. The summed E-state index contributed by atoms with van der Waals surface area (Å²) in [5.74, 6) is 1.41. The van der Waals surface area contributed by atoms with Gasteiger partial charge >= 0.3 is 0 Å². The second-order valence-electron chi connectivity index (χ2n) is 4.33. The van der Waals surface area contributed by atoms with Crippen LogP contribution in [0.4, 0.5) is 5.95 Å². The van der Waals surface area contributed by atoms with Gasteiger partial charge in [0, 0.05) is 38.1 Å². The average molecular weight is 293 g/mol. The number of hydrogen-bond acceptors (Lipinski definition) is 4. The highest BCUT2D eigenvalue weighted by Gasteiger charge is 2.14. The third kappa shape index (κ3) is 4.26. The first-order chi connectivity index (χ1) is 7.81. The molecule has 1 aliphatic rings. The predicted molar refractivity (Wildman–Crippen MR) is 80.3 cm³/mol. The van der Waals surface area contributed by atoms with Crippen LogP contribution in [0.25, 0.3) is 0 Å². The molecule has 0 radical (unpaired) electrons. The van der Waals surface area contributed by atoms with Gasteiger partial charge in [-0.3, -0.25) is 0 Å². The number of hydrogen-bond donors (Lipinski definition) is 1. The number of aromatic nitrogens is 2. The van der Waals surface area contributed by atoms with Crippen molar-refractivity contribution in [3.8, 4) is 0 Å². The van der Waals surface area contributed by atoms with Gasteiger partial charge in [-0.25, -0.2) is 9.97 Å². The van der Waals surface area contributed by atoms with E-state index in [2.05, 4.69) is 34.0 Å². The maximum absolute atomic E-state index is 4.65. The normalized spacial score (nSPS) is 16.4. The minimum atomic E-state index is 0. The van der Waals surface area contributed by atoms with Crippen molar-refractivity contribution in [1.29, 1.82) is 0 Å². The molecule has 2 rings (SSSR count). The second-order valence-corrected chi connectivity index (χ2v) is 4.33. The summed E-state index contributed by atoms with van der Waals surface area (Å²) in [7, 11) is 0. The van der Waals surface area contributed by atoms with Crippen molar-refractivity contribution in [2.75, 3.05) is 31.1 Å². The summed E-state index contributed by atoms with van der Waals surface area (Å²) >= 11 is 0. The van der Waals surface area contributed by atoms with E-state index in [1.54, 1.807) is 0 Å². The Balaban J connectivity index is 0.00000144. The third-order valence-corrected chi connectivity index (χ3v) is 3.18. The van der Waals surface area contributed by atoms with Crippen molar-refractivity contribution in [1.82, 2.24) is 15.3 Å². The molecule has 0 saturated carbocycles. The molecule has 1 aromatic rings. The van der Waals surface area contributed by atoms with E-state index in [1.807, 2.05) is 12.3 Å². The highest BCUT2D eigenvalue weighted by atomic mass is 35.5. The molecule has 0 aliphatic carbocycles. The van der Waals surface area contributed by atoms with Crippen LogP contribution >= 0.6 is 24.8 Å². The molecule has 6 heteroatoms. The zero-order valence-corrected chi connectivity index (χ0v) is 12.6. The van der Waals surface area contributed by atoms with Crippen molar-refractivity contribution in [3.05, 3.63) is 18.0 Å². The molecule has 0 amide bonds. The van der Waals surface area contributed by atoms with E-state index in [0.29, 0.717) is 5.92 Å². The molecule has 0 aromatic carbocycles. The van der Waals surface area contributed by atoms with Crippen LogP contribution in [0.1, 0.15) is 31.9 Å². The molecule has 2 heterocycles. The Morgan fingerprint density at radius 3 is 2.61 bits per heavy atom. The molecule has 1 atom stereocenters. The molecule has 1 fully saturated rings. The number of halogens is 2. The Hall–Kier alpha value is -0.580. The highest BCUT2D eigenvalue weighted by Crippen LogP contribution is 2.18. The Morgan fingerprint density at radius 1 is 1.33 bits per heavy atom. The molecule has 1 saturated heterocycles. The molecule has 0 bridgehead atoms. The topological polar surface area (TPSA) is 41.1 Å². The lowest BCUT2D eigenvalue weighted by Crippen LogP contribution is -2.44. The number of piperazine rings is 1. The summed E-state index contributed by atoms with van der Waals surface area (Å²) in [6.07, 6.45) is 3.00. The summed E-state index contributed by atoms with van der Waals surface area (Å²) in [6, 6.07) is 2.03. The van der Waals surface area contributed by atoms with Gasteiger partial charge in [-0.2, -0.15) is 0 Å². The van der Waals surface area contributed by atoms with Gasteiger partial charge in [-0.1, -0.05) is 13.8 Å². The summed E-state index contributed by atoms with van der Waals surface area (Å²) in [5, 5.41) is 3.34. The fourth-order valence-electron chi connectivity index (χ4n) is 1.86. The summed E-state index contributed by atoms with van der Waals surface area (Å²) in [6.45, 7) is 8.46. The minimum absolute atomic E-state index is 0. The van der Waals surface area contributed by atoms with Gasteiger partial charge in [-0.05, 0) is 18.4 Å². The summed E-state index contributed by atoms with van der Waals surface area (Å²) in [4.78, 5) is 11.3. The van der Waals surface area contributed by atoms with E-state index in [1.165, 1.54) is 0 Å². The Kier molecular flexibility index (Phi) is 8.24. The molecule has 0 spiro atoms. The maximum Gasteiger partial charge on any atom is 0.225 e. The van der Waals surface area contributed by atoms with Crippen LogP contribution in [0.3, 0.4) is 0 Å². The number of nitrogens with zero attached hydrogens (tertiary/aromatic N) is 3.